The summed E-state index contributed by atoms with van der Waals surface area (Å²) in [5.41, 5.74) is 0.399. The van der Waals surface area contributed by atoms with Crippen molar-refractivity contribution in [3.8, 4) is 5.75 Å². The Morgan fingerprint density at radius 2 is 1.94 bits per heavy atom. The fourth-order valence-electron chi connectivity index (χ4n) is 5.37. The van der Waals surface area contributed by atoms with Gasteiger partial charge < -0.3 is 5.11 Å². The van der Waals surface area contributed by atoms with Gasteiger partial charge in [0.15, 0.2) is 0 Å². The topological polar surface area (TPSA) is 57.6 Å². The van der Waals surface area contributed by atoms with E-state index in [9.17, 15) is 19.1 Å². The molecule has 6 heteroatoms. The van der Waals surface area contributed by atoms with Crippen LogP contribution in [0.4, 0.5) is 10.1 Å². The van der Waals surface area contributed by atoms with Gasteiger partial charge in [0.05, 0.1) is 22.0 Å². The average Bonchev–Trinajstić information content (AvgIpc) is 3.01. The zero-order valence-corrected chi connectivity index (χ0v) is 18.6. The summed E-state index contributed by atoms with van der Waals surface area (Å²) in [5.74, 6) is -2.56. The number of allylic oxidation sites excluding steroid dienone is 3. The highest BCUT2D eigenvalue weighted by atomic mass is 35.5. The molecule has 0 spiro atoms. The van der Waals surface area contributed by atoms with Gasteiger partial charge in [-0.3, -0.25) is 9.59 Å². The first-order chi connectivity index (χ1) is 15.8. The highest BCUT2D eigenvalue weighted by Crippen LogP contribution is 2.58. The number of aromatic hydroxyl groups is 1. The summed E-state index contributed by atoms with van der Waals surface area (Å²) in [4.78, 5) is 28.5. The number of nitrogens with zero attached hydrogens (tertiary/aromatic N) is 1. The average molecular weight is 462 g/mol. The Morgan fingerprint density at radius 1 is 1.18 bits per heavy atom. The molecule has 1 saturated heterocycles. The second-order valence-corrected chi connectivity index (χ2v) is 9.12. The Morgan fingerprint density at radius 3 is 2.67 bits per heavy atom. The zero-order chi connectivity index (χ0) is 23.5. The van der Waals surface area contributed by atoms with Crippen LogP contribution < -0.4 is 4.90 Å². The Hall–Kier alpha value is -3.44. The van der Waals surface area contributed by atoms with Crippen LogP contribution in [-0.4, -0.2) is 16.9 Å². The fourth-order valence-corrected chi connectivity index (χ4v) is 5.54. The Balaban J connectivity index is 1.70. The molecule has 0 saturated carbocycles. The normalized spacial score (nSPS) is 24.7. The highest BCUT2D eigenvalue weighted by Gasteiger charge is 2.62. The van der Waals surface area contributed by atoms with E-state index in [2.05, 4.69) is 6.58 Å². The minimum atomic E-state index is -1.17. The van der Waals surface area contributed by atoms with E-state index < -0.39 is 29.0 Å². The van der Waals surface area contributed by atoms with Crippen LogP contribution in [0.2, 0.25) is 5.02 Å². The molecule has 33 heavy (non-hydrogen) atoms. The summed E-state index contributed by atoms with van der Waals surface area (Å²) < 4.78 is 13.7. The van der Waals surface area contributed by atoms with Crippen molar-refractivity contribution in [2.24, 2.45) is 11.3 Å². The van der Waals surface area contributed by atoms with Gasteiger partial charge in [0.2, 0.25) is 11.8 Å². The van der Waals surface area contributed by atoms with E-state index in [1.165, 1.54) is 12.1 Å². The quantitative estimate of drug-likeness (QED) is 0.477. The van der Waals surface area contributed by atoms with Crippen LogP contribution in [0, 0.1) is 17.2 Å². The van der Waals surface area contributed by atoms with Crippen molar-refractivity contribution in [1.29, 1.82) is 0 Å². The van der Waals surface area contributed by atoms with Crippen molar-refractivity contribution in [3.63, 3.8) is 0 Å². The van der Waals surface area contributed by atoms with Gasteiger partial charge in [-0.25, -0.2) is 9.29 Å². The molecule has 4 nitrogen and oxygen atoms in total. The molecule has 1 N–H and O–H groups in total. The molecule has 0 radical (unpaired) electrons. The lowest BCUT2D eigenvalue weighted by Gasteiger charge is -2.40. The Bertz CT molecular complexity index is 1380. The van der Waals surface area contributed by atoms with E-state index in [4.69, 9.17) is 11.6 Å². The molecule has 166 valence electrons. The first kappa shape index (κ1) is 21.4. The molecule has 3 unspecified atom stereocenters. The summed E-state index contributed by atoms with van der Waals surface area (Å²) in [7, 11) is 0. The number of phenolic OH excluding ortho intramolecular Hbond substituents is 1. The van der Waals surface area contributed by atoms with Crippen LogP contribution in [0.5, 0.6) is 5.75 Å². The SMILES string of the molecule is C=CC1=CCC2C(=O)N(c3ccc(F)c(Cl)c3)C(=O)C2(C)C1c1ccc2ccccc2c1O. The number of carbonyl (C=O) groups is 2. The number of benzene rings is 3. The first-order valence-corrected chi connectivity index (χ1v) is 11.0. The number of carbonyl (C=O) groups excluding carboxylic acids is 2. The maximum Gasteiger partial charge on any atom is 0.241 e. The molecule has 1 aliphatic carbocycles. The first-order valence-electron chi connectivity index (χ1n) is 10.7. The van der Waals surface area contributed by atoms with Gasteiger partial charge in [0.25, 0.3) is 0 Å². The predicted molar refractivity (Wildman–Crippen MR) is 127 cm³/mol. The third-order valence-corrected chi connectivity index (χ3v) is 7.36. The van der Waals surface area contributed by atoms with E-state index in [-0.39, 0.29) is 22.4 Å². The van der Waals surface area contributed by atoms with Crippen molar-refractivity contribution in [2.75, 3.05) is 4.90 Å². The second-order valence-electron chi connectivity index (χ2n) is 8.71. The molecular formula is C27H21ClFNO3. The van der Waals surface area contributed by atoms with Gasteiger partial charge in [-0.2, -0.15) is 0 Å². The van der Waals surface area contributed by atoms with Crippen LogP contribution in [0.15, 0.2) is 78.9 Å². The smallest absolute Gasteiger partial charge is 0.241 e. The summed E-state index contributed by atoms with van der Waals surface area (Å²) in [6, 6.07) is 15.0. The van der Waals surface area contributed by atoms with Crippen molar-refractivity contribution >= 4 is 39.9 Å². The number of rotatable bonds is 3. The summed E-state index contributed by atoms with van der Waals surface area (Å²) in [6.07, 6.45) is 3.94. The van der Waals surface area contributed by atoms with E-state index in [1.54, 1.807) is 13.0 Å². The molecule has 2 amide bonds. The monoisotopic (exact) mass is 461 g/mol. The van der Waals surface area contributed by atoms with Crippen molar-refractivity contribution in [3.05, 3.63) is 95.3 Å². The number of amides is 2. The number of anilines is 1. The second kappa shape index (κ2) is 7.56. The van der Waals surface area contributed by atoms with E-state index in [1.807, 2.05) is 42.5 Å². The summed E-state index contributed by atoms with van der Waals surface area (Å²) in [5, 5.41) is 12.6. The third-order valence-electron chi connectivity index (χ3n) is 7.07. The fraction of sp³-hybridized carbons (Fsp3) is 0.185. The summed E-state index contributed by atoms with van der Waals surface area (Å²) >= 11 is 5.94. The van der Waals surface area contributed by atoms with E-state index in [0.29, 0.717) is 17.4 Å². The van der Waals surface area contributed by atoms with Crippen LogP contribution in [0.3, 0.4) is 0 Å². The molecule has 2 aliphatic rings. The number of phenols is 1. The van der Waals surface area contributed by atoms with Gasteiger partial charge in [-0.05, 0) is 42.5 Å². The van der Waals surface area contributed by atoms with E-state index >= 15 is 0 Å². The molecule has 1 fully saturated rings. The van der Waals surface area contributed by atoms with Crippen LogP contribution in [0.25, 0.3) is 10.8 Å². The number of fused-ring (bicyclic) bond motifs is 2. The summed E-state index contributed by atoms with van der Waals surface area (Å²) in [6.45, 7) is 5.68. The lowest BCUT2D eigenvalue weighted by Crippen LogP contribution is -2.41. The minimum absolute atomic E-state index is 0.0799. The van der Waals surface area contributed by atoms with Gasteiger partial charge >= 0.3 is 0 Å². The Labute approximate surface area is 195 Å². The predicted octanol–water partition coefficient (Wildman–Crippen LogP) is 6.13. The molecule has 1 heterocycles. The molecule has 1 aliphatic heterocycles. The van der Waals surface area contributed by atoms with E-state index in [0.717, 1.165) is 21.9 Å². The minimum Gasteiger partial charge on any atom is -0.507 e. The molecule has 3 atom stereocenters. The van der Waals surface area contributed by atoms with Crippen molar-refractivity contribution < 1.29 is 19.1 Å². The van der Waals surface area contributed by atoms with Crippen molar-refractivity contribution in [2.45, 2.75) is 19.3 Å². The maximum atomic E-state index is 13.9. The molecule has 3 aromatic carbocycles. The molecule has 0 bridgehead atoms. The Kier molecular flexibility index (Phi) is 4.91. The standard InChI is InChI=1S/C27H21ClFNO3/c1-3-15-9-12-20-25(32)30(17-10-13-22(29)21(28)14-17)26(33)27(20,2)23(15)19-11-8-16-6-4-5-7-18(16)24(19)31/h3-11,13-14,20,23,31H,1,12H2,2H3. The molecule has 5 rings (SSSR count). The number of hydrogen-bond donors (Lipinski definition) is 1. The largest absolute Gasteiger partial charge is 0.507 e. The number of halogens is 2. The lowest BCUT2D eigenvalue weighted by molar-refractivity contribution is -0.127. The lowest BCUT2D eigenvalue weighted by atomic mass is 9.59. The van der Waals surface area contributed by atoms with Crippen molar-refractivity contribution in [1.82, 2.24) is 0 Å². The maximum absolute atomic E-state index is 13.9. The molecule has 0 aromatic heterocycles. The third kappa shape index (κ3) is 2.96. The molecule has 3 aromatic rings. The van der Waals surface area contributed by atoms with Crippen LogP contribution >= 0.6 is 11.6 Å². The highest BCUT2D eigenvalue weighted by molar-refractivity contribution is 6.31. The van der Waals surface area contributed by atoms with Gasteiger partial charge in [-0.15, -0.1) is 0 Å². The number of hydrogen-bond acceptors (Lipinski definition) is 3. The molecular weight excluding hydrogens is 441 g/mol. The van der Waals surface area contributed by atoms with Gasteiger partial charge in [0.1, 0.15) is 11.6 Å². The van der Waals surface area contributed by atoms with Crippen LogP contribution in [0.1, 0.15) is 24.8 Å². The van der Waals surface area contributed by atoms with Gasteiger partial charge in [-0.1, -0.05) is 66.7 Å². The van der Waals surface area contributed by atoms with Gasteiger partial charge in [0, 0.05) is 16.9 Å². The van der Waals surface area contributed by atoms with Crippen LogP contribution in [-0.2, 0) is 9.59 Å². The number of imide groups is 1. The zero-order valence-electron chi connectivity index (χ0n) is 17.9.